The smallest absolute Gasteiger partial charge is 0.305 e. The predicted molar refractivity (Wildman–Crippen MR) is 65.0 cm³/mol. The molecule has 0 spiro atoms. The normalized spacial score (nSPS) is 28.1. The first-order chi connectivity index (χ1) is 8.25. The van der Waals surface area contributed by atoms with Gasteiger partial charge in [-0.15, -0.1) is 0 Å². The van der Waals surface area contributed by atoms with E-state index >= 15 is 0 Å². The molecule has 1 saturated carbocycles. The Balaban J connectivity index is 1.84. The average Bonchev–Trinajstić information content (AvgIpc) is 2.32. The van der Waals surface area contributed by atoms with Crippen LogP contribution in [0, 0.1) is 5.92 Å². The highest BCUT2D eigenvalue weighted by atomic mass is 16.5. The molecule has 0 bridgehead atoms. The van der Waals surface area contributed by atoms with E-state index < -0.39 is 5.97 Å². The zero-order valence-corrected chi connectivity index (χ0v) is 10.4. The van der Waals surface area contributed by atoms with E-state index in [0.29, 0.717) is 6.61 Å². The Morgan fingerprint density at radius 1 is 1.29 bits per heavy atom. The Morgan fingerprint density at radius 2 is 2.06 bits per heavy atom. The first-order valence-electron chi connectivity index (χ1n) is 6.79. The summed E-state index contributed by atoms with van der Waals surface area (Å²) in [6, 6.07) is 0.0863. The Labute approximate surface area is 103 Å². The van der Waals surface area contributed by atoms with Crippen LogP contribution in [0.2, 0.25) is 0 Å². The summed E-state index contributed by atoms with van der Waals surface area (Å²) in [6.07, 6.45) is 6.91. The lowest BCUT2D eigenvalue weighted by Crippen LogP contribution is -2.48. The topological polar surface area (TPSA) is 49.8 Å². The molecule has 2 fully saturated rings. The van der Waals surface area contributed by atoms with Gasteiger partial charge in [-0.25, -0.2) is 0 Å². The van der Waals surface area contributed by atoms with Crippen LogP contribution in [0.1, 0.15) is 38.5 Å². The van der Waals surface area contributed by atoms with Crippen molar-refractivity contribution in [2.24, 2.45) is 5.92 Å². The minimum absolute atomic E-state index is 0.0863. The first-order valence-corrected chi connectivity index (χ1v) is 6.79. The molecule has 0 aromatic heterocycles. The lowest BCUT2D eigenvalue weighted by atomic mass is 9.88. The summed E-state index contributed by atoms with van der Waals surface area (Å²) >= 11 is 0. The van der Waals surface area contributed by atoms with Gasteiger partial charge in [0.25, 0.3) is 0 Å². The fraction of sp³-hybridized carbons (Fsp3) is 0.923. The average molecular weight is 241 g/mol. The minimum Gasteiger partial charge on any atom is -0.481 e. The standard InChI is InChI=1S/C13H23NO3/c15-13(16)8-12-10-17-7-6-14(12)9-11-4-2-1-3-5-11/h11-12H,1-10H2,(H,15,16). The summed E-state index contributed by atoms with van der Waals surface area (Å²) in [5.41, 5.74) is 0. The van der Waals surface area contributed by atoms with Gasteiger partial charge in [0.2, 0.25) is 0 Å². The summed E-state index contributed by atoms with van der Waals surface area (Å²) < 4.78 is 5.40. The number of ether oxygens (including phenoxy) is 1. The number of rotatable bonds is 4. The number of aliphatic carboxylic acids is 1. The quantitative estimate of drug-likeness (QED) is 0.814. The van der Waals surface area contributed by atoms with E-state index in [4.69, 9.17) is 9.84 Å². The highest BCUT2D eigenvalue weighted by Crippen LogP contribution is 2.26. The van der Waals surface area contributed by atoms with Gasteiger partial charge in [0.1, 0.15) is 0 Å². The fourth-order valence-corrected chi connectivity index (χ4v) is 3.02. The highest BCUT2D eigenvalue weighted by Gasteiger charge is 2.27. The molecule has 1 heterocycles. The van der Waals surface area contributed by atoms with Gasteiger partial charge in [0.15, 0.2) is 0 Å². The third-order valence-electron chi connectivity index (χ3n) is 3.98. The lowest BCUT2D eigenvalue weighted by molar-refractivity contribution is -0.140. The van der Waals surface area contributed by atoms with Crippen LogP contribution in [0.3, 0.4) is 0 Å². The molecular formula is C13H23NO3. The van der Waals surface area contributed by atoms with Crippen LogP contribution in [-0.2, 0) is 9.53 Å². The van der Waals surface area contributed by atoms with Crippen molar-refractivity contribution in [2.45, 2.75) is 44.6 Å². The van der Waals surface area contributed by atoms with Gasteiger partial charge in [-0.05, 0) is 18.8 Å². The maximum atomic E-state index is 10.8. The van der Waals surface area contributed by atoms with Crippen molar-refractivity contribution in [1.82, 2.24) is 4.90 Å². The Morgan fingerprint density at radius 3 is 2.76 bits per heavy atom. The van der Waals surface area contributed by atoms with Crippen molar-refractivity contribution in [1.29, 1.82) is 0 Å². The Kier molecular flexibility index (Phi) is 4.80. The number of morpholine rings is 1. The van der Waals surface area contributed by atoms with Crippen molar-refractivity contribution >= 4 is 5.97 Å². The van der Waals surface area contributed by atoms with E-state index in [1.807, 2.05) is 0 Å². The van der Waals surface area contributed by atoms with Crippen molar-refractivity contribution in [3.63, 3.8) is 0 Å². The number of hydrogen-bond donors (Lipinski definition) is 1. The van der Waals surface area contributed by atoms with E-state index in [1.54, 1.807) is 0 Å². The van der Waals surface area contributed by atoms with Gasteiger partial charge in [0, 0.05) is 19.1 Å². The minimum atomic E-state index is -0.714. The third kappa shape index (κ3) is 3.96. The lowest BCUT2D eigenvalue weighted by Gasteiger charge is -2.38. The van der Waals surface area contributed by atoms with Gasteiger partial charge < -0.3 is 9.84 Å². The molecule has 1 N–H and O–H groups in total. The molecule has 2 rings (SSSR count). The van der Waals surface area contributed by atoms with Crippen LogP contribution < -0.4 is 0 Å². The van der Waals surface area contributed by atoms with Gasteiger partial charge in [-0.2, -0.15) is 0 Å². The Bertz CT molecular complexity index is 251. The van der Waals surface area contributed by atoms with Gasteiger partial charge in [-0.1, -0.05) is 19.3 Å². The van der Waals surface area contributed by atoms with Crippen LogP contribution in [0.15, 0.2) is 0 Å². The third-order valence-corrected chi connectivity index (χ3v) is 3.98. The molecule has 17 heavy (non-hydrogen) atoms. The summed E-state index contributed by atoms with van der Waals surface area (Å²) in [7, 11) is 0. The molecule has 1 aliphatic heterocycles. The molecular weight excluding hydrogens is 218 g/mol. The molecule has 0 amide bonds. The van der Waals surface area contributed by atoms with Crippen LogP contribution in [0.5, 0.6) is 0 Å². The summed E-state index contributed by atoms with van der Waals surface area (Å²) in [6.45, 7) is 3.30. The molecule has 2 aliphatic rings. The second-order valence-electron chi connectivity index (χ2n) is 5.33. The molecule has 1 unspecified atom stereocenters. The predicted octanol–water partition coefficient (Wildman–Crippen LogP) is 1.74. The number of carboxylic acids is 1. The maximum absolute atomic E-state index is 10.8. The SMILES string of the molecule is O=C(O)CC1COCCN1CC1CCCCC1. The zero-order valence-electron chi connectivity index (χ0n) is 10.4. The second-order valence-corrected chi connectivity index (χ2v) is 5.33. The number of carboxylic acid groups (broad SMARTS) is 1. The van der Waals surface area contributed by atoms with Crippen molar-refractivity contribution in [3.05, 3.63) is 0 Å². The zero-order chi connectivity index (χ0) is 12.1. The molecule has 1 saturated heterocycles. The van der Waals surface area contributed by atoms with Crippen LogP contribution in [0.25, 0.3) is 0 Å². The van der Waals surface area contributed by atoms with Gasteiger partial charge in [-0.3, -0.25) is 9.69 Å². The molecule has 4 nitrogen and oxygen atoms in total. The van der Waals surface area contributed by atoms with E-state index in [1.165, 1.54) is 32.1 Å². The van der Waals surface area contributed by atoms with Crippen molar-refractivity contribution < 1.29 is 14.6 Å². The van der Waals surface area contributed by atoms with Crippen molar-refractivity contribution in [3.8, 4) is 0 Å². The number of hydrogen-bond acceptors (Lipinski definition) is 3. The van der Waals surface area contributed by atoms with Crippen LogP contribution in [-0.4, -0.2) is 48.3 Å². The summed E-state index contributed by atoms with van der Waals surface area (Å²) in [5, 5.41) is 8.91. The molecule has 0 aromatic rings. The van der Waals surface area contributed by atoms with E-state index in [0.717, 1.165) is 25.6 Å². The maximum Gasteiger partial charge on any atom is 0.305 e. The molecule has 1 aliphatic carbocycles. The summed E-state index contributed by atoms with van der Waals surface area (Å²) in [4.78, 5) is 13.2. The molecule has 0 radical (unpaired) electrons. The highest BCUT2D eigenvalue weighted by molar-refractivity contribution is 5.67. The van der Waals surface area contributed by atoms with Crippen molar-refractivity contribution in [2.75, 3.05) is 26.3 Å². The molecule has 98 valence electrons. The number of nitrogens with zero attached hydrogens (tertiary/aromatic N) is 1. The first kappa shape index (κ1) is 12.8. The largest absolute Gasteiger partial charge is 0.481 e. The van der Waals surface area contributed by atoms with E-state index in [2.05, 4.69) is 4.90 Å². The van der Waals surface area contributed by atoms with E-state index in [-0.39, 0.29) is 12.5 Å². The van der Waals surface area contributed by atoms with Gasteiger partial charge >= 0.3 is 5.97 Å². The van der Waals surface area contributed by atoms with Crippen LogP contribution in [0.4, 0.5) is 0 Å². The monoisotopic (exact) mass is 241 g/mol. The molecule has 1 atom stereocenters. The second kappa shape index (κ2) is 6.36. The van der Waals surface area contributed by atoms with E-state index in [9.17, 15) is 4.79 Å². The molecule has 0 aromatic carbocycles. The fourth-order valence-electron chi connectivity index (χ4n) is 3.02. The van der Waals surface area contributed by atoms with Gasteiger partial charge in [0.05, 0.1) is 19.6 Å². The summed E-state index contributed by atoms with van der Waals surface area (Å²) in [5.74, 6) is 0.0623. The Hall–Kier alpha value is -0.610. The molecule has 4 heteroatoms. The number of carbonyl (C=O) groups is 1. The van der Waals surface area contributed by atoms with Crippen LogP contribution >= 0.6 is 0 Å².